The Labute approximate surface area is 125 Å². The smallest absolute Gasteiger partial charge is 0.234 e. The van der Waals surface area contributed by atoms with E-state index in [0.29, 0.717) is 13.2 Å². The molecule has 1 aromatic heterocycles. The van der Waals surface area contributed by atoms with Crippen molar-refractivity contribution in [2.24, 2.45) is 0 Å². The van der Waals surface area contributed by atoms with Crippen molar-refractivity contribution in [3.8, 4) is 0 Å². The summed E-state index contributed by atoms with van der Waals surface area (Å²) in [5, 5.41) is 14.5. The van der Waals surface area contributed by atoms with Gasteiger partial charge in [0, 0.05) is 26.6 Å². The molecular formula is C14H25N5O2. The Morgan fingerprint density at radius 2 is 2.24 bits per heavy atom. The number of nitrogens with one attached hydrogen (secondary N) is 2. The first-order valence-corrected chi connectivity index (χ1v) is 7.63. The zero-order valence-electron chi connectivity index (χ0n) is 12.9. The quantitative estimate of drug-likeness (QED) is 0.713. The van der Waals surface area contributed by atoms with Crippen LogP contribution in [0.1, 0.15) is 43.9 Å². The Hall–Kier alpha value is -1.47. The highest BCUT2D eigenvalue weighted by atomic mass is 16.5. The van der Waals surface area contributed by atoms with Crippen LogP contribution in [0, 0.1) is 0 Å². The molecule has 1 aromatic rings. The Kier molecular flexibility index (Phi) is 6.13. The van der Waals surface area contributed by atoms with Gasteiger partial charge in [0.15, 0.2) is 5.82 Å². The van der Waals surface area contributed by atoms with Crippen molar-refractivity contribution in [1.29, 1.82) is 0 Å². The lowest BCUT2D eigenvalue weighted by atomic mass is 10.2. The normalized spacial score (nSPS) is 16.1. The minimum absolute atomic E-state index is 0.0374. The molecule has 0 spiro atoms. The number of methoxy groups -OCH3 is 1. The van der Waals surface area contributed by atoms with Crippen LogP contribution in [-0.2, 0) is 22.5 Å². The molecule has 1 unspecified atom stereocenters. The van der Waals surface area contributed by atoms with Crippen molar-refractivity contribution in [1.82, 2.24) is 25.4 Å². The topological polar surface area (TPSA) is 81.1 Å². The van der Waals surface area contributed by atoms with Gasteiger partial charge in [-0.25, -0.2) is 0 Å². The fourth-order valence-electron chi connectivity index (χ4n) is 2.56. The summed E-state index contributed by atoms with van der Waals surface area (Å²) in [5.41, 5.74) is 0. The predicted octanol–water partition coefficient (Wildman–Crippen LogP) is 0.418. The highest BCUT2D eigenvalue weighted by Crippen LogP contribution is 2.18. The van der Waals surface area contributed by atoms with Gasteiger partial charge >= 0.3 is 0 Å². The summed E-state index contributed by atoms with van der Waals surface area (Å²) in [6.45, 7) is 4.45. The summed E-state index contributed by atoms with van der Waals surface area (Å²) in [4.78, 5) is 11.9. The number of carbonyl (C=O) groups is 1. The van der Waals surface area contributed by atoms with Gasteiger partial charge in [-0.2, -0.15) is 0 Å². The zero-order valence-corrected chi connectivity index (χ0v) is 12.9. The van der Waals surface area contributed by atoms with Crippen molar-refractivity contribution in [2.75, 3.05) is 26.8 Å². The summed E-state index contributed by atoms with van der Waals surface area (Å²) in [7, 11) is 1.64. The van der Waals surface area contributed by atoms with E-state index in [4.69, 9.17) is 4.74 Å². The third-order valence-electron chi connectivity index (χ3n) is 3.67. The van der Waals surface area contributed by atoms with E-state index in [1.54, 1.807) is 7.11 Å². The second-order valence-corrected chi connectivity index (χ2v) is 5.40. The number of aromatic nitrogens is 3. The average Bonchev–Trinajstić information content (AvgIpc) is 2.73. The van der Waals surface area contributed by atoms with Gasteiger partial charge in [-0.3, -0.25) is 4.79 Å². The lowest BCUT2D eigenvalue weighted by Gasteiger charge is -2.15. The predicted molar refractivity (Wildman–Crippen MR) is 78.9 cm³/mol. The maximum atomic E-state index is 11.9. The highest BCUT2D eigenvalue weighted by Gasteiger charge is 2.20. The Morgan fingerprint density at radius 1 is 1.38 bits per heavy atom. The highest BCUT2D eigenvalue weighted by molar-refractivity contribution is 5.78. The average molecular weight is 295 g/mol. The minimum Gasteiger partial charge on any atom is -0.383 e. The van der Waals surface area contributed by atoms with Gasteiger partial charge in [0.25, 0.3) is 0 Å². The van der Waals surface area contributed by atoms with Gasteiger partial charge in [-0.15, -0.1) is 10.2 Å². The zero-order chi connectivity index (χ0) is 15.1. The summed E-state index contributed by atoms with van der Waals surface area (Å²) < 4.78 is 7.08. The monoisotopic (exact) mass is 295 g/mol. The molecule has 1 amide bonds. The summed E-state index contributed by atoms with van der Waals surface area (Å²) in [6, 6.07) is -0.124. The Morgan fingerprint density at radius 3 is 3.05 bits per heavy atom. The number of fused-ring (bicyclic) bond motifs is 1. The van der Waals surface area contributed by atoms with Crippen LogP contribution in [0.4, 0.5) is 0 Å². The number of nitrogens with zero attached hydrogens (tertiary/aromatic N) is 3. The van der Waals surface area contributed by atoms with E-state index in [1.165, 1.54) is 12.8 Å². The molecule has 0 saturated heterocycles. The largest absolute Gasteiger partial charge is 0.383 e. The molecule has 7 nitrogen and oxygen atoms in total. The van der Waals surface area contributed by atoms with Gasteiger partial charge in [-0.1, -0.05) is 6.42 Å². The van der Waals surface area contributed by atoms with Crippen LogP contribution in [-0.4, -0.2) is 47.5 Å². The number of aryl methyl sites for hydroxylation is 1. The minimum atomic E-state index is -0.124. The second kappa shape index (κ2) is 8.09. The number of ether oxygens (including phenoxy) is 1. The van der Waals surface area contributed by atoms with Crippen LogP contribution in [0.15, 0.2) is 0 Å². The molecule has 1 aliphatic heterocycles. The van der Waals surface area contributed by atoms with E-state index < -0.39 is 0 Å². The first-order chi connectivity index (χ1) is 10.2. The maximum absolute atomic E-state index is 11.9. The van der Waals surface area contributed by atoms with Gasteiger partial charge in [-0.05, 0) is 19.8 Å². The molecule has 0 aromatic carbocycles. The molecule has 0 saturated carbocycles. The van der Waals surface area contributed by atoms with E-state index >= 15 is 0 Å². The van der Waals surface area contributed by atoms with E-state index in [9.17, 15) is 4.79 Å². The van der Waals surface area contributed by atoms with Gasteiger partial charge in [0.2, 0.25) is 5.91 Å². The molecule has 0 fully saturated rings. The molecule has 2 heterocycles. The summed E-state index contributed by atoms with van der Waals surface area (Å²) in [6.07, 6.45) is 4.53. The van der Waals surface area contributed by atoms with E-state index in [2.05, 4.69) is 25.4 Å². The van der Waals surface area contributed by atoms with Crippen LogP contribution in [0.3, 0.4) is 0 Å². The molecule has 7 heteroatoms. The van der Waals surface area contributed by atoms with Gasteiger partial charge in [0.05, 0.1) is 19.2 Å². The summed E-state index contributed by atoms with van der Waals surface area (Å²) >= 11 is 0. The Bertz CT molecular complexity index is 460. The summed E-state index contributed by atoms with van der Waals surface area (Å²) in [5.74, 6) is 1.86. The number of hydrogen-bond donors (Lipinski definition) is 2. The molecular weight excluding hydrogens is 270 g/mol. The SMILES string of the molecule is COCCNCC(=O)NC(C)c1nnc2n1CCCCC2. The lowest BCUT2D eigenvalue weighted by molar-refractivity contribution is -0.121. The van der Waals surface area contributed by atoms with Gasteiger partial charge in [0.1, 0.15) is 5.82 Å². The fraction of sp³-hybridized carbons (Fsp3) is 0.786. The van der Waals surface area contributed by atoms with Crippen molar-refractivity contribution in [3.63, 3.8) is 0 Å². The number of carbonyl (C=O) groups excluding carboxylic acids is 1. The molecule has 1 atom stereocenters. The number of amides is 1. The standard InChI is InChI=1S/C14H25N5O2/c1-11(16-13(20)10-15-7-9-21-2)14-18-17-12-6-4-3-5-8-19(12)14/h11,15H,3-10H2,1-2H3,(H,16,20). The van der Waals surface area contributed by atoms with Crippen LogP contribution in [0.2, 0.25) is 0 Å². The molecule has 2 rings (SSSR count). The van der Waals surface area contributed by atoms with Crippen molar-refractivity contribution < 1.29 is 9.53 Å². The second-order valence-electron chi connectivity index (χ2n) is 5.40. The Balaban J connectivity index is 1.87. The first-order valence-electron chi connectivity index (χ1n) is 7.63. The molecule has 118 valence electrons. The van der Waals surface area contributed by atoms with Crippen molar-refractivity contribution in [2.45, 2.75) is 45.2 Å². The molecule has 1 aliphatic rings. The van der Waals surface area contributed by atoms with E-state index in [0.717, 1.165) is 31.0 Å². The maximum Gasteiger partial charge on any atom is 0.234 e. The molecule has 0 aliphatic carbocycles. The third-order valence-corrected chi connectivity index (χ3v) is 3.67. The number of rotatable bonds is 7. The van der Waals surface area contributed by atoms with Crippen LogP contribution in [0.5, 0.6) is 0 Å². The van der Waals surface area contributed by atoms with Crippen LogP contribution >= 0.6 is 0 Å². The van der Waals surface area contributed by atoms with Crippen molar-refractivity contribution in [3.05, 3.63) is 11.6 Å². The van der Waals surface area contributed by atoms with E-state index in [-0.39, 0.29) is 18.5 Å². The molecule has 0 bridgehead atoms. The number of hydrogen-bond acceptors (Lipinski definition) is 5. The first kappa shape index (κ1) is 15.9. The third kappa shape index (κ3) is 4.50. The van der Waals surface area contributed by atoms with Crippen molar-refractivity contribution >= 4 is 5.91 Å². The van der Waals surface area contributed by atoms with Crippen LogP contribution < -0.4 is 10.6 Å². The van der Waals surface area contributed by atoms with Crippen LogP contribution in [0.25, 0.3) is 0 Å². The van der Waals surface area contributed by atoms with Gasteiger partial charge < -0.3 is 19.9 Å². The lowest BCUT2D eigenvalue weighted by Crippen LogP contribution is -2.37. The molecule has 2 N–H and O–H groups in total. The molecule has 0 radical (unpaired) electrons. The fourth-order valence-corrected chi connectivity index (χ4v) is 2.56. The molecule has 21 heavy (non-hydrogen) atoms. The van der Waals surface area contributed by atoms with E-state index in [1.807, 2.05) is 6.92 Å².